The van der Waals surface area contributed by atoms with Crippen LogP contribution in [0.4, 0.5) is 5.69 Å². The highest BCUT2D eigenvalue weighted by atomic mass is 16.6. The van der Waals surface area contributed by atoms with E-state index in [4.69, 9.17) is 14.2 Å². The average molecular weight is 410 g/mol. The van der Waals surface area contributed by atoms with Crippen molar-refractivity contribution in [3.8, 4) is 0 Å². The summed E-state index contributed by atoms with van der Waals surface area (Å²) in [6.07, 6.45) is 3.45. The van der Waals surface area contributed by atoms with Gasteiger partial charge in [-0.2, -0.15) is 0 Å². The van der Waals surface area contributed by atoms with E-state index < -0.39 is 22.5 Å². The molecular formula is C23H26N2O5. The molecule has 7 heteroatoms. The monoisotopic (exact) mass is 410 g/mol. The largest absolute Gasteiger partial charge is 0.468 e. The number of benzene rings is 1. The van der Waals surface area contributed by atoms with E-state index in [1.165, 1.54) is 19.6 Å². The first-order valence-electron chi connectivity index (χ1n) is 10.6. The Bertz CT molecular complexity index is 1010. The fourth-order valence-corrected chi connectivity index (χ4v) is 7.51. The lowest BCUT2D eigenvalue weighted by atomic mass is 9.42. The first kappa shape index (κ1) is 18.4. The summed E-state index contributed by atoms with van der Waals surface area (Å²) in [5.74, 6) is -0.804. The van der Waals surface area contributed by atoms with Gasteiger partial charge in [0.25, 0.3) is 0 Å². The summed E-state index contributed by atoms with van der Waals surface area (Å²) < 4.78 is 17.9. The molecule has 1 saturated carbocycles. The first-order chi connectivity index (χ1) is 14.4. The van der Waals surface area contributed by atoms with Gasteiger partial charge < -0.3 is 19.5 Å². The van der Waals surface area contributed by atoms with E-state index in [-0.39, 0.29) is 30.8 Å². The Morgan fingerprint density at radius 3 is 2.90 bits per heavy atom. The number of rotatable bonds is 3. The molecule has 7 nitrogen and oxygen atoms in total. The van der Waals surface area contributed by atoms with Crippen LogP contribution < -0.4 is 5.32 Å². The zero-order chi connectivity index (χ0) is 20.9. The molecule has 0 unspecified atom stereocenters. The van der Waals surface area contributed by atoms with Crippen LogP contribution in [0.25, 0.3) is 0 Å². The Labute approximate surface area is 175 Å². The molecule has 4 fully saturated rings. The number of anilines is 1. The Hall–Kier alpha value is -2.38. The third-order valence-corrected chi connectivity index (χ3v) is 8.44. The molecule has 1 aliphatic carbocycles. The number of hydrogen-bond donors (Lipinski definition) is 1. The Morgan fingerprint density at radius 2 is 2.17 bits per heavy atom. The maximum absolute atomic E-state index is 13.8. The van der Waals surface area contributed by atoms with Crippen LogP contribution in [-0.4, -0.2) is 55.1 Å². The van der Waals surface area contributed by atoms with Crippen LogP contribution in [0.2, 0.25) is 0 Å². The minimum absolute atomic E-state index is 0.0163. The smallest absolute Gasteiger partial charge is 0.317 e. The van der Waals surface area contributed by atoms with Gasteiger partial charge in [0.1, 0.15) is 18.2 Å². The van der Waals surface area contributed by atoms with E-state index >= 15 is 0 Å². The van der Waals surface area contributed by atoms with Crippen molar-refractivity contribution < 1.29 is 23.8 Å². The second-order valence-electron chi connectivity index (χ2n) is 9.17. The molecule has 6 rings (SSSR count). The molecule has 30 heavy (non-hydrogen) atoms. The molecule has 158 valence electrons. The van der Waals surface area contributed by atoms with Crippen molar-refractivity contribution in [2.75, 3.05) is 25.6 Å². The van der Waals surface area contributed by atoms with Crippen LogP contribution >= 0.6 is 0 Å². The normalized spacial score (nSPS) is 43.3. The van der Waals surface area contributed by atoms with Gasteiger partial charge in [0.05, 0.1) is 18.6 Å². The fraction of sp³-hybridized carbons (Fsp3) is 0.565. The van der Waals surface area contributed by atoms with Gasteiger partial charge >= 0.3 is 11.9 Å². The van der Waals surface area contributed by atoms with Crippen molar-refractivity contribution in [1.29, 1.82) is 0 Å². The van der Waals surface area contributed by atoms with Crippen LogP contribution in [0.1, 0.15) is 32.3 Å². The van der Waals surface area contributed by atoms with Gasteiger partial charge in [-0.3, -0.25) is 14.5 Å². The lowest BCUT2D eigenvalue weighted by Gasteiger charge is -2.64. The van der Waals surface area contributed by atoms with Crippen molar-refractivity contribution in [3.05, 3.63) is 41.5 Å². The summed E-state index contributed by atoms with van der Waals surface area (Å²) in [6.45, 7) is 4.15. The predicted molar refractivity (Wildman–Crippen MR) is 107 cm³/mol. The Kier molecular flexibility index (Phi) is 3.46. The molecule has 4 bridgehead atoms. The molecule has 4 heterocycles. The number of nitrogens with one attached hydrogen (secondary N) is 1. The van der Waals surface area contributed by atoms with E-state index in [0.717, 1.165) is 24.2 Å². The van der Waals surface area contributed by atoms with E-state index in [9.17, 15) is 9.59 Å². The van der Waals surface area contributed by atoms with Gasteiger partial charge in [0.2, 0.25) is 0 Å². The lowest BCUT2D eigenvalue weighted by molar-refractivity contribution is -0.196. The van der Waals surface area contributed by atoms with Crippen molar-refractivity contribution in [2.45, 2.75) is 50.1 Å². The number of methoxy groups -OCH3 is 1. The molecule has 5 aliphatic rings. The van der Waals surface area contributed by atoms with E-state index in [2.05, 4.69) is 22.4 Å². The Balaban J connectivity index is 1.69. The van der Waals surface area contributed by atoms with Crippen molar-refractivity contribution >= 4 is 17.6 Å². The quantitative estimate of drug-likeness (QED) is 0.605. The maximum atomic E-state index is 13.8. The van der Waals surface area contributed by atoms with Crippen LogP contribution in [0.5, 0.6) is 0 Å². The van der Waals surface area contributed by atoms with E-state index in [1.807, 2.05) is 25.1 Å². The van der Waals surface area contributed by atoms with Gasteiger partial charge in [-0.25, -0.2) is 0 Å². The van der Waals surface area contributed by atoms with Crippen LogP contribution in [0.15, 0.2) is 35.9 Å². The van der Waals surface area contributed by atoms with Gasteiger partial charge in [0, 0.05) is 31.5 Å². The van der Waals surface area contributed by atoms with Crippen LogP contribution in [0, 0.1) is 11.3 Å². The number of fused-ring (bicyclic) bond motifs is 4. The second kappa shape index (κ2) is 5.65. The standard InChI is InChI=1S/C23H26N2O5/c1-4-14-11-25-18-9-16(14)21(20(27)28-3,12-29-13(2)26)22-10-19(25)30-23(18,22)24-17-8-6-5-7-15(17)22/h4-8,16,18-19,24H,9-12H2,1-3H3/b14-4-/t16-,18+,19+,21+,22+,23+/m1/s1. The molecule has 0 amide bonds. The third kappa shape index (κ3) is 1.70. The molecule has 3 saturated heterocycles. The average Bonchev–Trinajstić information content (AvgIpc) is 3.35. The second-order valence-corrected chi connectivity index (χ2v) is 9.17. The van der Waals surface area contributed by atoms with Gasteiger partial charge in [-0.05, 0) is 25.0 Å². The van der Waals surface area contributed by atoms with Gasteiger partial charge in [-0.15, -0.1) is 0 Å². The number of carbonyl (C=O) groups is 2. The topological polar surface area (TPSA) is 77.1 Å². The first-order valence-corrected chi connectivity index (χ1v) is 10.6. The fourth-order valence-electron chi connectivity index (χ4n) is 7.51. The highest BCUT2D eigenvalue weighted by molar-refractivity contribution is 5.86. The highest BCUT2D eigenvalue weighted by Crippen LogP contribution is 2.76. The summed E-state index contributed by atoms with van der Waals surface area (Å²) in [5.41, 5.74) is 0.775. The van der Waals surface area contributed by atoms with Gasteiger partial charge in [0.15, 0.2) is 5.72 Å². The minimum atomic E-state index is -1.06. The molecule has 6 atom stereocenters. The molecular weight excluding hydrogens is 384 g/mol. The molecule has 4 aliphatic heterocycles. The summed E-state index contributed by atoms with van der Waals surface area (Å²) in [4.78, 5) is 28.2. The number of piperidine rings is 2. The number of para-hydroxylation sites is 1. The van der Waals surface area contributed by atoms with Crippen LogP contribution in [-0.2, 0) is 29.2 Å². The molecule has 1 aromatic rings. The highest BCUT2D eigenvalue weighted by Gasteiger charge is 2.87. The van der Waals surface area contributed by atoms with E-state index in [1.54, 1.807) is 0 Å². The van der Waals surface area contributed by atoms with Crippen molar-refractivity contribution in [2.24, 2.45) is 11.3 Å². The molecule has 0 aromatic heterocycles. The van der Waals surface area contributed by atoms with Crippen molar-refractivity contribution in [1.82, 2.24) is 4.90 Å². The number of allylic oxidation sites excluding steroid dienone is 1. The molecule has 1 aromatic carbocycles. The number of hydrogen-bond acceptors (Lipinski definition) is 7. The SMILES string of the molecule is C/C=C1/CN2[C@@H]3C[C@@]45c6ccccc6N[C@]4(O3)[C@@H]2C[C@H]1[C@@]5(COC(C)=O)C(=O)OC. The minimum Gasteiger partial charge on any atom is -0.468 e. The summed E-state index contributed by atoms with van der Waals surface area (Å²) in [7, 11) is 1.43. The van der Waals surface area contributed by atoms with Gasteiger partial charge in [-0.1, -0.05) is 29.8 Å². The zero-order valence-electron chi connectivity index (χ0n) is 17.4. The van der Waals surface area contributed by atoms with Crippen molar-refractivity contribution in [3.63, 3.8) is 0 Å². The lowest BCUT2D eigenvalue weighted by Crippen LogP contribution is -2.78. The molecule has 0 radical (unpaired) electrons. The van der Waals surface area contributed by atoms with E-state index in [0.29, 0.717) is 6.42 Å². The van der Waals surface area contributed by atoms with Crippen LogP contribution in [0.3, 0.4) is 0 Å². The summed E-state index contributed by atoms with van der Waals surface area (Å²) in [6, 6.07) is 8.28. The third-order valence-electron chi connectivity index (χ3n) is 8.44. The molecule has 1 spiro atoms. The number of nitrogens with zero attached hydrogens (tertiary/aromatic N) is 1. The number of esters is 2. The number of ether oxygens (including phenoxy) is 3. The maximum Gasteiger partial charge on any atom is 0.317 e. The Morgan fingerprint density at radius 1 is 1.37 bits per heavy atom. The molecule has 1 N–H and O–H groups in total. The summed E-state index contributed by atoms with van der Waals surface area (Å²) in [5, 5.41) is 3.70. The summed E-state index contributed by atoms with van der Waals surface area (Å²) >= 11 is 0. The predicted octanol–water partition coefficient (Wildman–Crippen LogP) is 2.18. The zero-order valence-corrected chi connectivity index (χ0v) is 17.4. The number of carbonyl (C=O) groups excluding carboxylic acids is 2.